The Morgan fingerprint density at radius 2 is 2.25 bits per heavy atom. The Morgan fingerprint density at radius 3 is 2.95 bits per heavy atom. The zero-order valence-electron chi connectivity index (χ0n) is 11.4. The molecule has 0 radical (unpaired) electrons. The van der Waals surface area contributed by atoms with E-state index < -0.39 is 0 Å². The molecule has 0 aliphatic heterocycles. The van der Waals surface area contributed by atoms with Gasteiger partial charge in [-0.15, -0.1) is 0 Å². The Labute approximate surface area is 117 Å². The average molecular weight is 274 g/mol. The van der Waals surface area contributed by atoms with E-state index in [1.54, 1.807) is 7.11 Å². The van der Waals surface area contributed by atoms with Crippen LogP contribution in [0.3, 0.4) is 0 Å². The van der Waals surface area contributed by atoms with Crippen molar-refractivity contribution in [3.8, 4) is 5.75 Å². The summed E-state index contributed by atoms with van der Waals surface area (Å²) in [5.41, 5.74) is 6.31. The van der Waals surface area contributed by atoms with E-state index in [2.05, 4.69) is 9.97 Å². The molecule has 2 aromatic rings. The van der Waals surface area contributed by atoms with Gasteiger partial charge in [-0.2, -0.15) is 0 Å². The van der Waals surface area contributed by atoms with Crippen LogP contribution in [0.5, 0.6) is 5.75 Å². The summed E-state index contributed by atoms with van der Waals surface area (Å²) >= 11 is 0. The third-order valence-electron chi connectivity index (χ3n) is 2.89. The Balaban J connectivity index is 2.38. The lowest BCUT2D eigenvalue weighted by Gasteiger charge is -2.23. The second-order valence-corrected chi connectivity index (χ2v) is 4.26. The van der Waals surface area contributed by atoms with E-state index in [4.69, 9.17) is 10.5 Å². The molecule has 0 spiro atoms. The minimum absolute atomic E-state index is 0.185. The first-order valence-corrected chi connectivity index (χ1v) is 6.41. The zero-order chi connectivity index (χ0) is 14.4. The van der Waals surface area contributed by atoms with Crippen LogP contribution < -0.4 is 20.9 Å². The minimum atomic E-state index is -0.185. The van der Waals surface area contributed by atoms with Crippen LogP contribution in [-0.2, 0) is 0 Å². The third-order valence-corrected chi connectivity index (χ3v) is 2.89. The average Bonchev–Trinajstić information content (AvgIpc) is 2.48. The van der Waals surface area contributed by atoms with E-state index in [1.807, 2.05) is 29.2 Å². The van der Waals surface area contributed by atoms with Crippen molar-refractivity contribution in [2.24, 2.45) is 5.73 Å². The van der Waals surface area contributed by atoms with Gasteiger partial charge < -0.3 is 20.4 Å². The Hall–Kier alpha value is -2.34. The number of methoxy groups -OCH3 is 1. The highest BCUT2D eigenvalue weighted by atomic mass is 16.5. The van der Waals surface area contributed by atoms with Crippen molar-refractivity contribution in [3.05, 3.63) is 47.0 Å². The van der Waals surface area contributed by atoms with Gasteiger partial charge >= 0.3 is 0 Å². The molecule has 0 bridgehead atoms. The molecule has 0 unspecified atom stereocenters. The fourth-order valence-corrected chi connectivity index (χ4v) is 1.91. The largest absolute Gasteiger partial charge is 0.497 e. The van der Waals surface area contributed by atoms with Crippen LogP contribution >= 0.6 is 0 Å². The topological polar surface area (TPSA) is 84.2 Å². The molecule has 0 atom stereocenters. The number of benzene rings is 1. The van der Waals surface area contributed by atoms with Crippen molar-refractivity contribution in [1.29, 1.82) is 0 Å². The number of hydrogen-bond donors (Lipinski definition) is 2. The maximum atomic E-state index is 11.5. The lowest BCUT2D eigenvalue weighted by Crippen LogP contribution is -2.23. The van der Waals surface area contributed by atoms with Gasteiger partial charge in [-0.05, 0) is 25.1 Å². The van der Waals surface area contributed by atoms with Crippen LogP contribution in [0.4, 0.5) is 11.5 Å². The number of ether oxygens (including phenoxy) is 1. The van der Waals surface area contributed by atoms with Gasteiger partial charge in [0.1, 0.15) is 11.6 Å². The fourth-order valence-electron chi connectivity index (χ4n) is 1.91. The van der Waals surface area contributed by atoms with Gasteiger partial charge in [0.2, 0.25) is 0 Å². The normalized spacial score (nSPS) is 10.3. The SMILES string of the molecule is COc1cccc(N(CCCN)c2cc(=O)[nH]cn2)c1. The fraction of sp³-hybridized carbons (Fsp3) is 0.286. The number of hydrogen-bond acceptors (Lipinski definition) is 5. The quantitative estimate of drug-likeness (QED) is 0.828. The molecule has 0 saturated carbocycles. The standard InChI is InChI=1S/C14H18N4O2/c1-20-12-5-2-4-11(8-12)18(7-3-6-15)13-9-14(19)17-10-16-13/h2,4-5,8-10H,3,6-7,15H2,1H3,(H,16,17,19). The molecule has 6 heteroatoms. The molecule has 0 aliphatic rings. The zero-order valence-corrected chi connectivity index (χ0v) is 11.4. The van der Waals surface area contributed by atoms with Crippen LogP contribution in [0.2, 0.25) is 0 Å². The number of nitrogens with one attached hydrogen (secondary N) is 1. The molecule has 0 saturated heterocycles. The smallest absolute Gasteiger partial charge is 0.252 e. The molecule has 2 rings (SSSR count). The maximum absolute atomic E-state index is 11.5. The van der Waals surface area contributed by atoms with Gasteiger partial charge in [-0.1, -0.05) is 6.07 Å². The van der Waals surface area contributed by atoms with Crippen LogP contribution in [0.1, 0.15) is 6.42 Å². The molecular formula is C14H18N4O2. The predicted octanol–water partition coefficient (Wildman–Crippen LogP) is 1.27. The molecule has 20 heavy (non-hydrogen) atoms. The van der Waals surface area contributed by atoms with Crippen molar-refractivity contribution in [2.75, 3.05) is 25.1 Å². The summed E-state index contributed by atoms with van der Waals surface area (Å²) < 4.78 is 5.23. The summed E-state index contributed by atoms with van der Waals surface area (Å²) in [6, 6.07) is 9.09. The second-order valence-electron chi connectivity index (χ2n) is 4.26. The van der Waals surface area contributed by atoms with E-state index in [1.165, 1.54) is 12.4 Å². The van der Waals surface area contributed by atoms with Crippen LogP contribution in [0.15, 0.2) is 41.5 Å². The van der Waals surface area contributed by atoms with Crippen LogP contribution in [-0.4, -0.2) is 30.2 Å². The summed E-state index contributed by atoms with van der Waals surface area (Å²) in [6.45, 7) is 1.25. The molecule has 106 valence electrons. The second kappa shape index (κ2) is 6.72. The van der Waals surface area contributed by atoms with E-state index >= 15 is 0 Å². The first-order chi connectivity index (χ1) is 9.74. The maximum Gasteiger partial charge on any atom is 0.252 e. The molecule has 3 N–H and O–H groups in total. The van der Waals surface area contributed by atoms with Crippen molar-refractivity contribution >= 4 is 11.5 Å². The molecular weight excluding hydrogens is 256 g/mol. The summed E-state index contributed by atoms with van der Waals surface area (Å²) in [6.07, 6.45) is 2.19. The number of nitrogens with zero attached hydrogens (tertiary/aromatic N) is 2. The molecule has 6 nitrogen and oxygen atoms in total. The van der Waals surface area contributed by atoms with Crippen molar-refractivity contribution in [2.45, 2.75) is 6.42 Å². The van der Waals surface area contributed by atoms with Gasteiger partial charge in [0, 0.05) is 24.4 Å². The third kappa shape index (κ3) is 3.36. The van der Waals surface area contributed by atoms with Gasteiger partial charge in [-0.3, -0.25) is 4.79 Å². The van der Waals surface area contributed by atoms with Gasteiger partial charge in [0.15, 0.2) is 0 Å². The van der Waals surface area contributed by atoms with E-state index in [9.17, 15) is 4.79 Å². The first-order valence-electron chi connectivity index (χ1n) is 6.41. The highest BCUT2D eigenvalue weighted by Crippen LogP contribution is 2.26. The Bertz CT molecular complexity index is 612. The van der Waals surface area contributed by atoms with E-state index in [-0.39, 0.29) is 5.56 Å². The lowest BCUT2D eigenvalue weighted by atomic mass is 10.2. The molecule has 1 aromatic carbocycles. The van der Waals surface area contributed by atoms with Gasteiger partial charge in [-0.25, -0.2) is 4.98 Å². The number of H-pyrrole nitrogens is 1. The number of nitrogens with two attached hydrogens (primary N) is 1. The number of rotatable bonds is 6. The van der Waals surface area contributed by atoms with Crippen molar-refractivity contribution in [1.82, 2.24) is 9.97 Å². The van der Waals surface area contributed by atoms with Crippen molar-refractivity contribution < 1.29 is 4.74 Å². The van der Waals surface area contributed by atoms with E-state index in [0.717, 1.165) is 17.9 Å². The summed E-state index contributed by atoms with van der Waals surface area (Å²) in [4.78, 5) is 20.1. The number of aromatic nitrogens is 2. The summed E-state index contributed by atoms with van der Waals surface area (Å²) in [7, 11) is 1.62. The summed E-state index contributed by atoms with van der Waals surface area (Å²) in [5, 5.41) is 0. The minimum Gasteiger partial charge on any atom is -0.497 e. The highest BCUT2D eigenvalue weighted by molar-refractivity contribution is 5.61. The van der Waals surface area contributed by atoms with Gasteiger partial charge in [0.05, 0.1) is 13.4 Å². The number of anilines is 2. The predicted molar refractivity (Wildman–Crippen MR) is 78.5 cm³/mol. The molecule has 0 fully saturated rings. The number of aromatic amines is 1. The van der Waals surface area contributed by atoms with Crippen molar-refractivity contribution in [3.63, 3.8) is 0 Å². The Morgan fingerprint density at radius 1 is 1.40 bits per heavy atom. The first kappa shape index (κ1) is 14.1. The van der Waals surface area contributed by atoms with Gasteiger partial charge in [0.25, 0.3) is 5.56 Å². The molecule has 0 amide bonds. The van der Waals surface area contributed by atoms with Crippen LogP contribution in [0.25, 0.3) is 0 Å². The molecule has 1 aromatic heterocycles. The Kier molecular flexibility index (Phi) is 4.73. The molecule has 0 aliphatic carbocycles. The van der Waals surface area contributed by atoms with E-state index in [0.29, 0.717) is 18.9 Å². The lowest BCUT2D eigenvalue weighted by molar-refractivity contribution is 0.415. The molecule has 1 heterocycles. The monoisotopic (exact) mass is 274 g/mol. The highest BCUT2D eigenvalue weighted by Gasteiger charge is 2.11. The summed E-state index contributed by atoms with van der Waals surface area (Å²) in [5.74, 6) is 1.35. The van der Waals surface area contributed by atoms with Crippen LogP contribution in [0, 0.1) is 0 Å².